The molecule has 1 aliphatic heterocycles. The van der Waals surface area contributed by atoms with E-state index >= 15 is 0 Å². The Balaban J connectivity index is 2.33. The molecule has 1 saturated heterocycles. The van der Waals surface area contributed by atoms with Gasteiger partial charge in [0.1, 0.15) is 0 Å². The molecule has 0 aromatic heterocycles. The second-order valence-corrected chi connectivity index (χ2v) is 3.89. The SMILES string of the molecule is CCCC(CC)N1CCC(N)C1. The maximum Gasteiger partial charge on any atom is 0.0180 e. The summed E-state index contributed by atoms with van der Waals surface area (Å²) >= 11 is 0. The van der Waals surface area contributed by atoms with Crippen LogP contribution in [-0.2, 0) is 0 Å². The van der Waals surface area contributed by atoms with E-state index in [-0.39, 0.29) is 0 Å². The Morgan fingerprint density at radius 1 is 1.50 bits per heavy atom. The fourth-order valence-electron chi connectivity index (χ4n) is 2.13. The van der Waals surface area contributed by atoms with Crippen molar-refractivity contribution in [2.75, 3.05) is 13.1 Å². The number of nitrogens with zero attached hydrogens (tertiary/aromatic N) is 1. The summed E-state index contributed by atoms with van der Waals surface area (Å²) in [6, 6.07) is 1.24. The van der Waals surface area contributed by atoms with Gasteiger partial charge in [0.2, 0.25) is 0 Å². The summed E-state index contributed by atoms with van der Waals surface area (Å²) in [5, 5.41) is 0. The fourth-order valence-corrected chi connectivity index (χ4v) is 2.13. The quantitative estimate of drug-likeness (QED) is 0.694. The van der Waals surface area contributed by atoms with Gasteiger partial charge in [0, 0.05) is 25.2 Å². The van der Waals surface area contributed by atoms with Crippen LogP contribution in [0, 0.1) is 0 Å². The van der Waals surface area contributed by atoms with Crippen molar-refractivity contribution in [3.05, 3.63) is 0 Å². The minimum absolute atomic E-state index is 0.441. The third kappa shape index (κ3) is 2.46. The second kappa shape index (κ2) is 4.83. The molecule has 1 aliphatic rings. The first-order valence-corrected chi connectivity index (χ1v) is 5.27. The summed E-state index contributed by atoms with van der Waals surface area (Å²) in [5.74, 6) is 0. The van der Waals surface area contributed by atoms with Gasteiger partial charge in [-0.1, -0.05) is 20.3 Å². The van der Waals surface area contributed by atoms with Crippen LogP contribution in [0.2, 0.25) is 0 Å². The maximum absolute atomic E-state index is 5.87. The van der Waals surface area contributed by atoms with Gasteiger partial charge >= 0.3 is 0 Å². The Labute approximate surface area is 76.1 Å². The third-order valence-corrected chi connectivity index (χ3v) is 2.87. The molecule has 1 rings (SSSR count). The molecule has 2 atom stereocenters. The van der Waals surface area contributed by atoms with Gasteiger partial charge in [-0.05, 0) is 19.3 Å². The summed E-state index contributed by atoms with van der Waals surface area (Å²) in [7, 11) is 0. The summed E-state index contributed by atoms with van der Waals surface area (Å²) in [6.07, 6.45) is 5.11. The first-order valence-electron chi connectivity index (χ1n) is 5.27. The van der Waals surface area contributed by atoms with E-state index < -0.39 is 0 Å². The lowest BCUT2D eigenvalue weighted by Crippen LogP contribution is -2.35. The Kier molecular flexibility index (Phi) is 4.02. The van der Waals surface area contributed by atoms with Gasteiger partial charge in [0.15, 0.2) is 0 Å². The van der Waals surface area contributed by atoms with Crippen LogP contribution in [0.1, 0.15) is 39.5 Å². The van der Waals surface area contributed by atoms with Gasteiger partial charge in [-0.3, -0.25) is 4.90 Å². The molecule has 0 aromatic carbocycles. The largest absolute Gasteiger partial charge is 0.326 e. The Morgan fingerprint density at radius 2 is 2.25 bits per heavy atom. The van der Waals surface area contributed by atoms with Crippen molar-refractivity contribution in [3.63, 3.8) is 0 Å². The third-order valence-electron chi connectivity index (χ3n) is 2.87. The minimum atomic E-state index is 0.441. The van der Waals surface area contributed by atoms with Gasteiger partial charge in [-0.15, -0.1) is 0 Å². The smallest absolute Gasteiger partial charge is 0.0180 e. The van der Waals surface area contributed by atoms with Crippen LogP contribution in [0.4, 0.5) is 0 Å². The molecule has 0 saturated carbocycles. The molecular formula is C10H22N2. The van der Waals surface area contributed by atoms with Gasteiger partial charge in [-0.25, -0.2) is 0 Å². The van der Waals surface area contributed by atoms with Crippen molar-refractivity contribution in [2.45, 2.75) is 51.6 Å². The Hall–Kier alpha value is -0.0800. The molecule has 0 radical (unpaired) electrons. The van der Waals surface area contributed by atoms with E-state index in [9.17, 15) is 0 Å². The van der Waals surface area contributed by atoms with Crippen molar-refractivity contribution in [1.82, 2.24) is 4.90 Å². The highest BCUT2D eigenvalue weighted by molar-refractivity contribution is 4.82. The summed E-state index contributed by atoms with van der Waals surface area (Å²) in [6.45, 7) is 6.89. The van der Waals surface area contributed by atoms with Gasteiger partial charge in [-0.2, -0.15) is 0 Å². The van der Waals surface area contributed by atoms with Crippen LogP contribution < -0.4 is 5.73 Å². The molecule has 0 amide bonds. The second-order valence-electron chi connectivity index (χ2n) is 3.89. The molecule has 2 nitrogen and oxygen atoms in total. The van der Waals surface area contributed by atoms with Crippen molar-refractivity contribution in [3.8, 4) is 0 Å². The Morgan fingerprint density at radius 3 is 2.67 bits per heavy atom. The van der Waals surface area contributed by atoms with Crippen molar-refractivity contribution < 1.29 is 0 Å². The molecule has 1 heterocycles. The molecule has 0 spiro atoms. The average Bonchev–Trinajstić information content (AvgIpc) is 2.47. The number of likely N-dealkylation sites (tertiary alicyclic amines) is 1. The molecule has 12 heavy (non-hydrogen) atoms. The molecule has 2 unspecified atom stereocenters. The zero-order valence-electron chi connectivity index (χ0n) is 8.42. The van der Waals surface area contributed by atoms with E-state index in [1.54, 1.807) is 0 Å². The zero-order chi connectivity index (χ0) is 8.97. The van der Waals surface area contributed by atoms with Crippen molar-refractivity contribution in [2.24, 2.45) is 5.73 Å². The predicted molar refractivity (Wildman–Crippen MR) is 53.2 cm³/mol. The molecule has 2 heteroatoms. The molecule has 0 aliphatic carbocycles. The molecule has 72 valence electrons. The number of rotatable bonds is 4. The predicted octanol–water partition coefficient (Wildman–Crippen LogP) is 1.60. The highest BCUT2D eigenvalue weighted by Crippen LogP contribution is 2.16. The number of hydrogen-bond donors (Lipinski definition) is 1. The topological polar surface area (TPSA) is 29.3 Å². The average molecular weight is 170 g/mol. The highest BCUT2D eigenvalue weighted by atomic mass is 15.2. The van der Waals surface area contributed by atoms with Crippen LogP contribution in [0.3, 0.4) is 0 Å². The fraction of sp³-hybridized carbons (Fsp3) is 1.00. The van der Waals surface area contributed by atoms with E-state index in [0.29, 0.717) is 6.04 Å². The zero-order valence-corrected chi connectivity index (χ0v) is 8.42. The highest BCUT2D eigenvalue weighted by Gasteiger charge is 2.24. The van der Waals surface area contributed by atoms with E-state index in [1.165, 1.54) is 32.2 Å². The summed E-state index contributed by atoms with van der Waals surface area (Å²) < 4.78 is 0. The lowest BCUT2D eigenvalue weighted by Gasteiger charge is -2.26. The van der Waals surface area contributed by atoms with Crippen LogP contribution in [0.15, 0.2) is 0 Å². The van der Waals surface area contributed by atoms with E-state index in [0.717, 1.165) is 12.6 Å². The normalized spacial score (nSPS) is 27.8. The monoisotopic (exact) mass is 170 g/mol. The van der Waals surface area contributed by atoms with E-state index in [4.69, 9.17) is 5.73 Å². The maximum atomic E-state index is 5.87. The molecular weight excluding hydrogens is 148 g/mol. The van der Waals surface area contributed by atoms with Crippen LogP contribution in [0.5, 0.6) is 0 Å². The van der Waals surface area contributed by atoms with Gasteiger partial charge in [0.25, 0.3) is 0 Å². The standard InChI is InChI=1S/C10H22N2/c1-3-5-10(4-2)12-7-6-9(11)8-12/h9-10H,3-8,11H2,1-2H3. The van der Waals surface area contributed by atoms with E-state index in [1.807, 2.05) is 0 Å². The number of hydrogen-bond acceptors (Lipinski definition) is 2. The van der Waals surface area contributed by atoms with Crippen LogP contribution >= 0.6 is 0 Å². The summed E-state index contributed by atoms with van der Waals surface area (Å²) in [5.41, 5.74) is 5.87. The molecule has 0 aromatic rings. The van der Waals surface area contributed by atoms with Crippen LogP contribution in [0.25, 0.3) is 0 Å². The first kappa shape index (κ1) is 10.0. The van der Waals surface area contributed by atoms with Crippen molar-refractivity contribution in [1.29, 1.82) is 0 Å². The molecule has 0 bridgehead atoms. The van der Waals surface area contributed by atoms with Crippen LogP contribution in [-0.4, -0.2) is 30.1 Å². The van der Waals surface area contributed by atoms with Gasteiger partial charge < -0.3 is 5.73 Å². The van der Waals surface area contributed by atoms with Crippen molar-refractivity contribution >= 4 is 0 Å². The first-order chi connectivity index (χ1) is 5.77. The number of nitrogens with two attached hydrogens (primary N) is 1. The van der Waals surface area contributed by atoms with E-state index in [2.05, 4.69) is 18.7 Å². The molecule has 2 N–H and O–H groups in total. The minimum Gasteiger partial charge on any atom is -0.326 e. The Bertz CT molecular complexity index is 123. The summed E-state index contributed by atoms with van der Waals surface area (Å²) in [4.78, 5) is 2.56. The van der Waals surface area contributed by atoms with Gasteiger partial charge in [0.05, 0.1) is 0 Å². The lowest BCUT2D eigenvalue weighted by molar-refractivity contribution is 0.220. The lowest BCUT2D eigenvalue weighted by atomic mass is 10.1. The molecule has 1 fully saturated rings.